The Balaban J connectivity index is 3.02. The molecule has 0 aromatic carbocycles. The second-order valence-corrected chi connectivity index (χ2v) is 8.83. The number of amides is 3. The van der Waals surface area contributed by atoms with Crippen molar-refractivity contribution in [2.75, 3.05) is 6.54 Å². The van der Waals surface area contributed by atoms with Crippen LogP contribution < -0.4 is 33.2 Å². The van der Waals surface area contributed by atoms with E-state index < -0.39 is 54.0 Å². The van der Waals surface area contributed by atoms with Crippen LogP contribution in [0.25, 0.3) is 0 Å². The number of nitrogens with zero attached hydrogens (tertiary/aromatic N) is 2. The zero-order chi connectivity index (χ0) is 28.1. The summed E-state index contributed by atoms with van der Waals surface area (Å²) >= 11 is 0. The van der Waals surface area contributed by atoms with Crippen LogP contribution in [0.3, 0.4) is 0 Å². The molecule has 37 heavy (non-hydrogen) atoms. The van der Waals surface area contributed by atoms with Crippen LogP contribution in [0.15, 0.2) is 17.5 Å². The van der Waals surface area contributed by atoms with Gasteiger partial charge in [0.05, 0.1) is 18.5 Å². The first-order chi connectivity index (χ1) is 17.4. The summed E-state index contributed by atoms with van der Waals surface area (Å²) < 4.78 is 0. The van der Waals surface area contributed by atoms with Crippen molar-refractivity contribution in [1.82, 2.24) is 25.9 Å². The Kier molecular flexibility index (Phi) is 13.0. The Morgan fingerprint density at radius 2 is 1.73 bits per heavy atom. The molecule has 6 atom stereocenters. The number of carboxylic acid groups (broad SMARTS) is 1. The number of carbonyl (C=O) groups is 4. The quantitative estimate of drug-likeness (QED) is 0.0612. The number of carboxylic acids is 1. The third-order valence-electron chi connectivity index (χ3n) is 5.75. The lowest BCUT2D eigenvalue weighted by Crippen LogP contribution is -2.59. The van der Waals surface area contributed by atoms with Crippen molar-refractivity contribution in [3.63, 3.8) is 0 Å². The number of nitrogens with two attached hydrogens (primary N) is 3. The molecule has 15 heteroatoms. The first-order valence-electron chi connectivity index (χ1n) is 12.0. The van der Waals surface area contributed by atoms with Gasteiger partial charge in [0.25, 0.3) is 0 Å². The topological polar surface area (TPSA) is 264 Å². The number of aliphatic hydroxyl groups excluding tert-OH is 1. The molecule has 1 aromatic rings. The lowest BCUT2D eigenvalue weighted by Gasteiger charge is -2.28. The van der Waals surface area contributed by atoms with Crippen molar-refractivity contribution >= 4 is 29.7 Å². The van der Waals surface area contributed by atoms with Crippen LogP contribution in [0.2, 0.25) is 0 Å². The van der Waals surface area contributed by atoms with E-state index in [2.05, 4.69) is 30.9 Å². The van der Waals surface area contributed by atoms with Gasteiger partial charge in [-0.3, -0.25) is 19.4 Å². The predicted octanol–water partition coefficient (Wildman–Crippen LogP) is -2.70. The molecule has 0 saturated heterocycles. The smallest absolute Gasteiger partial charge is 0.328 e. The van der Waals surface area contributed by atoms with Crippen molar-refractivity contribution in [3.8, 4) is 0 Å². The number of rotatable bonds is 16. The molecule has 0 saturated carbocycles. The van der Waals surface area contributed by atoms with Gasteiger partial charge in [-0.2, -0.15) is 0 Å². The summed E-state index contributed by atoms with van der Waals surface area (Å²) in [5.41, 5.74) is 17.3. The monoisotopic (exact) mass is 525 g/mol. The molecule has 3 amide bonds. The van der Waals surface area contributed by atoms with Crippen LogP contribution in [0.1, 0.15) is 45.7 Å². The van der Waals surface area contributed by atoms with Crippen LogP contribution in [-0.2, 0) is 25.6 Å². The van der Waals surface area contributed by atoms with Crippen molar-refractivity contribution in [2.45, 2.75) is 76.7 Å². The average molecular weight is 526 g/mol. The number of nitrogens with one attached hydrogen (secondary N) is 4. The van der Waals surface area contributed by atoms with E-state index in [0.717, 1.165) is 0 Å². The van der Waals surface area contributed by atoms with E-state index in [1.807, 2.05) is 6.92 Å². The molecular formula is C22H39N9O6. The molecule has 0 radical (unpaired) electrons. The van der Waals surface area contributed by atoms with Crippen molar-refractivity contribution in [1.29, 1.82) is 0 Å². The fraction of sp³-hybridized carbons (Fsp3) is 0.636. The fourth-order valence-corrected chi connectivity index (χ4v) is 3.36. The molecule has 0 aliphatic carbocycles. The number of aromatic nitrogens is 2. The van der Waals surface area contributed by atoms with Crippen molar-refractivity contribution in [2.24, 2.45) is 28.1 Å². The molecule has 0 bridgehead atoms. The zero-order valence-corrected chi connectivity index (χ0v) is 21.3. The van der Waals surface area contributed by atoms with Crippen LogP contribution in [0, 0.1) is 5.92 Å². The first kappa shape index (κ1) is 31.3. The van der Waals surface area contributed by atoms with Crippen molar-refractivity contribution in [3.05, 3.63) is 18.2 Å². The number of carbonyl (C=O) groups excluding carboxylic acids is 3. The van der Waals surface area contributed by atoms with E-state index in [-0.39, 0.29) is 37.7 Å². The third kappa shape index (κ3) is 10.8. The summed E-state index contributed by atoms with van der Waals surface area (Å²) in [5, 5.41) is 26.5. The molecule has 12 N–H and O–H groups in total. The zero-order valence-electron chi connectivity index (χ0n) is 21.3. The van der Waals surface area contributed by atoms with Crippen LogP contribution >= 0.6 is 0 Å². The average Bonchev–Trinajstić information content (AvgIpc) is 3.34. The number of aliphatic carboxylic acids is 1. The highest BCUT2D eigenvalue weighted by atomic mass is 16.4. The Morgan fingerprint density at radius 1 is 1.08 bits per heavy atom. The Labute approximate surface area is 215 Å². The molecular weight excluding hydrogens is 486 g/mol. The summed E-state index contributed by atoms with van der Waals surface area (Å²) in [6, 6.07) is -4.76. The number of imidazole rings is 1. The highest BCUT2D eigenvalue weighted by Crippen LogP contribution is 2.11. The lowest BCUT2D eigenvalue weighted by molar-refractivity contribution is -0.145. The van der Waals surface area contributed by atoms with Crippen molar-refractivity contribution < 1.29 is 29.4 Å². The van der Waals surface area contributed by atoms with Gasteiger partial charge in [0.1, 0.15) is 12.1 Å². The highest BCUT2D eigenvalue weighted by Gasteiger charge is 2.33. The minimum Gasteiger partial charge on any atom is -0.480 e. The molecule has 0 aliphatic heterocycles. The maximum absolute atomic E-state index is 13.2. The third-order valence-corrected chi connectivity index (χ3v) is 5.75. The maximum atomic E-state index is 13.2. The van der Waals surface area contributed by atoms with Crippen LogP contribution in [0.5, 0.6) is 0 Å². The predicted molar refractivity (Wildman–Crippen MR) is 135 cm³/mol. The summed E-state index contributed by atoms with van der Waals surface area (Å²) in [6.07, 6.45) is 2.64. The molecule has 0 fully saturated rings. The van der Waals surface area contributed by atoms with Gasteiger partial charge >= 0.3 is 5.97 Å². The molecule has 0 spiro atoms. The van der Waals surface area contributed by atoms with Gasteiger partial charge in [-0.1, -0.05) is 20.3 Å². The van der Waals surface area contributed by atoms with Gasteiger partial charge in [-0.25, -0.2) is 9.78 Å². The lowest BCUT2D eigenvalue weighted by atomic mass is 9.96. The molecule has 15 nitrogen and oxygen atoms in total. The molecule has 1 heterocycles. The number of aliphatic imine (C=N–C) groups is 1. The van der Waals surface area contributed by atoms with E-state index in [4.69, 9.17) is 17.2 Å². The number of H-pyrrole nitrogens is 1. The number of aliphatic hydroxyl groups is 1. The molecule has 1 rings (SSSR count). The van der Waals surface area contributed by atoms with Gasteiger partial charge in [-0.05, 0) is 25.7 Å². The molecule has 1 aromatic heterocycles. The van der Waals surface area contributed by atoms with Crippen LogP contribution in [0.4, 0.5) is 0 Å². The fourth-order valence-electron chi connectivity index (χ4n) is 3.36. The summed E-state index contributed by atoms with van der Waals surface area (Å²) in [7, 11) is 0. The summed E-state index contributed by atoms with van der Waals surface area (Å²) in [5.74, 6) is -3.94. The molecule has 0 aliphatic rings. The van der Waals surface area contributed by atoms with E-state index in [1.165, 1.54) is 19.4 Å². The van der Waals surface area contributed by atoms with E-state index in [9.17, 15) is 29.4 Å². The molecule has 6 unspecified atom stereocenters. The summed E-state index contributed by atoms with van der Waals surface area (Å²) in [6.45, 7) is 4.97. The standard InChI is InChI=1S/C22H39N9O6/c1-4-11(2)16(30-18(33)14(23)8-13-9-26-10-28-13)20(35)29-15(6-5-7-27-22(24)25)19(34)31-17(12(3)32)21(36)37/h9-12,14-17,32H,4-8,23H2,1-3H3,(H,26,28)(H,29,35)(H,30,33)(H,31,34)(H,36,37)(H4,24,25,27). The van der Waals surface area contributed by atoms with Gasteiger partial charge in [0, 0.05) is 24.9 Å². The normalized spacial score (nSPS) is 15.8. The van der Waals surface area contributed by atoms with Gasteiger partial charge in [-0.15, -0.1) is 0 Å². The van der Waals surface area contributed by atoms with E-state index >= 15 is 0 Å². The second-order valence-electron chi connectivity index (χ2n) is 8.83. The minimum absolute atomic E-state index is 0.0566. The molecule has 208 valence electrons. The SMILES string of the molecule is CCC(C)C(NC(=O)C(N)Cc1cnc[nH]1)C(=O)NC(CCCN=C(N)N)C(=O)NC(C(=O)O)C(C)O. The Hall–Kier alpha value is -3.72. The number of hydrogen-bond donors (Lipinski definition) is 9. The number of aromatic amines is 1. The Bertz CT molecular complexity index is 918. The number of hydrogen-bond acceptors (Lipinski definition) is 8. The van der Waals surface area contributed by atoms with E-state index in [1.54, 1.807) is 6.92 Å². The van der Waals surface area contributed by atoms with Gasteiger partial charge < -0.3 is 48.3 Å². The van der Waals surface area contributed by atoms with Crippen LogP contribution in [-0.4, -0.2) is 86.6 Å². The summed E-state index contributed by atoms with van der Waals surface area (Å²) in [4.78, 5) is 60.8. The van der Waals surface area contributed by atoms with E-state index in [0.29, 0.717) is 12.1 Å². The maximum Gasteiger partial charge on any atom is 0.328 e. The highest BCUT2D eigenvalue weighted by molar-refractivity contribution is 5.94. The Morgan fingerprint density at radius 3 is 2.24 bits per heavy atom. The number of guanidine groups is 1. The largest absolute Gasteiger partial charge is 0.480 e. The minimum atomic E-state index is -1.59. The van der Waals surface area contributed by atoms with Gasteiger partial charge in [0.2, 0.25) is 17.7 Å². The second kappa shape index (κ2) is 15.4. The van der Waals surface area contributed by atoms with Gasteiger partial charge in [0.15, 0.2) is 12.0 Å². The first-order valence-corrected chi connectivity index (χ1v) is 12.0.